The lowest BCUT2D eigenvalue weighted by Gasteiger charge is -2.07. The lowest BCUT2D eigenvalue weighted by atomic mass is 10.2. The second kappa shape index (κ2) is 7.05. The van der Waals surface area contributed by atoms with Gasteiger partial charge < -0.3 is 4.98 Å². The summed E-state index contributed by atoms with van der Waals surface area (Å²) in [5, 5.41) is 3.34. The largest absolute Gasteiger partial charge is 0.336 e. The highest BCUT2D eigenvalue weighted by Gasteiger charge is 2.16. The third-order valence-electron chi connectivity index (χ3n) is 4.18. The maximum absolute atomic E-state index is 13.2. The summed E-state index contributed by atoms with van der Waals surface area (Å²) in [4.78, 5) is 20.1. The molecule has 1 amide bonds. The molecule has 0 radical (unpaired) electrons. The van der Waals surface area contributed by atoms with Crippen LogP contribution in [-0.2, 0) is 6.42 Å². The number of benzene rings is 2. The summed E-state index contributed by atoms with van der Waals surface area (Å²) in [6.45, 7) is 2.09. The van der Waals surface area contributed by atoms with Crippen LogP contribution in [0.25, 0.3) is 15.9 Å². The molecule has 8 heteroatoms. The molecule has 0 atom stereocenters. The van der Waals surface area contributed by atoms with Gasteiger partial charge in [0.15, 0.2) is 9.90 Å². The lowest BCUT2D eigenvalue weighted by molar-refractivity contribution is 0.102. The molecule has 0 aliphatic heterocycles. The molecule has 0 unspecified atom stereocenters. The van der Waals surface area contributed by atoms with Gasteiger partial charge in [-0.05, 0) is 60.6 Å². The number of carbonyl (C=O) groups excluding carboxylic acids is 1. The van der Waals surface area contributed by atoms with Gasteiger partial charge in [0.1, 0.15) is 11.5 Å². The van der Waals surface area contributed by atoms with Gasteiger partial charge in [0, 0.05) is 11.9 Å². The molecule has 0 bridgehead atoms. The van der Waals surface area contributed by atoms with Crippen LogP contribution >= 0.6 is 23.6 Å². The van der Waals surface area contributed by atoms with Crippen LogP contribution in [0, 0.1) is 10.6 Å². The van der Waals surface area contributed by atoms with E-state index < -0.39 is 0 Å². The fourth-order valence-corrected chi connectivity index (χ4v) is 3.97. The van der Waals surface area contributed by atoms with Crippen LogP contribution in [0.3, 0.4) is 0 Å². The van der Waals surface area contributed by atoms with E-state index in [-0.39, 0.29) is 11.7 Å². The van der Waals surface area contributed by atoms with Crippen molar-refractivity contribution < 1.29 is 9.18 Å². The molecule has 4 aromatic rings. The van der Waals surface area contributed by atoms with Crippen LogP contribution in [0.2, 0.25) is 0 Å². The Labute approximate surface area is 163 Å². The second-order valence-electron chi connectivity index (χ2n) is 5.92. The Bertz CT molecular complexity index is 1190. The highest BCUT2D eigenvalue weighted by Crippen LogP contribution is 2.27. The third-order valence-corrected chi connectivity index (χ3v) is 5.41. The minimum absolute atomic E-state index is 0.320. The number of H-pyrrole nitrogens is 1. The Kier molecular flexibility index (Phi) is 4.59. The zero-order valence-corrected chi connectivity index (χ0v) is 16.0. The van der Waals surface area contributed by atoms with Crippen molar-refractivity contribution in [1.29, 1.82) is 0 Å². The van der Waals surface area contributed by atoms with Gasteiger partial charge in [0.2, 0.25) is 0 Å². The number of carbonyl (C=O) groups is 1. The standard InChI is InChI=1S/C19H15FN4OS2/c1-2-11-3-8-14-16(9-11)27-18(22-14)23-17(25)15-10-21-19(26)24(15)13-6-4-12(20)5-7-13/h3-10H,2H2,1H3,(H,21,26)(H,22,23,25). The van der Waals surface area contributed by atoms with Gasteiger partial charge in [-0.25, -0.2) is 9.37 Å². The molecule has 27 heavy (non-hydrogen) atoms. The first-order chi connectivity index (χ1) is 13.0. The number of hydrogen-bond acceptors (Lipinski definition) is 4. The van der Waals surface area contributed by atoms with Crippen LogP contribution in [-0.4, -0.2) is 20.4 Å². The topological polar surface area (TPSA) is 62.7 Å². The van der Waals surface area contributed by atoms with Crippen LogP contribution in [0.5, 0.6) is 0 Å². The van der Waals surface area contributed by atoms with Crippen molar-refractivity contribution in [3.63, 3.8) is 0 Å². The summed E-state index contributed by atoms with van der Waals surface area (Å²) in [6, 6.07) is 11.9. The molecule has 0 spiro atoms. The number of anilines is 1. The number of aromatic nitrogens is 3. The molecule has 0 aliphatic rings. The smallest absolute Gasteiger partial charge is 0.276 e. The van der Waals surface area contributed by atoms with Crippen LogP contribution in [0.15, 0.2) is 48.7 Å². The van der Waals surface area contributed by atoms with Crippen molar-refractivity contribution in [2.75, 3.05) is 5.32 Å². The summed E-state index contributed by atoms with van der Waals surface area (Å²) in [6.07, 6.45) is 2.47. The number of aromatic amines is 1. The summed E-state index contributed by atoms with van der Waals surface area (Å²) in [5.74, 6) is -0.700. The van der Waals surface area contributed by atoms with E-state index in [1.54, 1.807) is 16.7 Å². The highest BCUT2D eigenvalue weighted by molar-refractivity contribution is 7.71. The van der Waals surface area contributed by atoms with Crippen molar-refractivity contribution >= 4 is 44.8 Å². The number of nitrogens with zero attached hydrogens (tertiary/aromatic N) is 2. The van der Waals surface area contributed by atoms with Crippen LogP contribution in [0.1, 0.15) is 23.0 Å². The number of hydrogen-bond donors (Lipinski definition) is 2. The fourth-order valence-electron chi connectivity index (χ4n) is 2.79. The van der Waals surface area contributed by atoms with Crippen LogP contribution in [0.4, 0.5) is 9.52 Å². The second-order valence-corrected chi connectivity index (χ2v) is 7.34. The number of halogens is 1. The zero-order valence-electron chi connectivity index (χ0n) is 14.3. The van der Waals surface area contributed by atoms with E-state index in [4.69, 9.17) is 12.2 Å². The average Bonchev–Trinajstić information content (AvgIpc) is 3.24. The number of rotatable bonds is 4. The van der Waals surface area contributed by atoms with E-state index in [1.165, 1.54) is 35.2 Å². The Hall–Kier alpha value is -2.84. The first-order valence-corrected chi connectivity index (χ1v) is 9.55. The number of imidazole rings is 1. The van der Waals surface area contributed by atoms with Gasteiger partial charge in [-0.3, -0.25) is 14.7 Å². The van der Waals surface area contributed by atoms with E-state index in [2.05, 4.69) is 28.3 Å². The average molecular weight is 398 g/mol. The minimum atomic E-state index is -0.354. The number of amides is 1. The highest BCUT2D eigenvalue weighted by atomic mass is 32.1. The lowest BCUT2D eigenvalue weighted by Crippen LogP contribution is -2.16. The Balaban J connectivity index is 1.66. The van der Waals surface area contributed by atoms with Crippen LogP contribution < -0.4 is 5.32 Å². The summed E-state index contributed by atoms with van der Waals surface area (Å²) >= 11 is 6.69. The Morgan fingerprint density at radius 3 is 2.81 bits per heavy atom. The van der Waals surface area contributed by atoms with Crippen molar-refractivity contribution in [3.8, 4) is 5.69 Å². The molecule has 0 aliphatic carbocycles. The normalized spacial score (nSPS) is 11.0. The number of nitrogens with one attached hydrogen (secondary N) is 2. The summed E-state index contributed by atoms with van der Waals surface area (Å²) in [7, 11) is 0. The molecule has 0 saturated heterocycles. The summed E-state index contributed by atoms with van der Waals surface area (Å²) in [5.41, 5.74) is 2.99. The molecule has 2 aromatic carbocycles. The van der Waals surface area contributed by atoms with Gasteiger partial charge in [-0.2, -0.15) is 0 Å². The predicted octanol–water partition coefficient (Wildman–Crippen LogP) is 5.10. The fraction of sp³-hybridized carbons (Fsp3) is 0.105. The molecule has 4 rings (SSSR count). The minimum Gasteiger partial charge on any atom is -0.336 e. The molecule has 2 aromatic heterocycles. The Morgan fingerprint density at radius 1 is 1.30 bits per heavy atom. The predicted molar refractivity (Wildman–Crippen MR) is 108 cm³/mol. The first-order valence-electron chi connectivity index (χ1n) is 8.32. The molecule has 136 valence electrons. The van der Waals surface area contributed by atoms with Crippen molar-refractivity contribution in [2.45, 2.75) is 13.3 Å². The molecule has 0 fully saturated rings. The van der Waals surface area contributed by atoms with Gasteiger partial charge in [-0.1, -0.05) is 24.3 Å². The van der Waals surface area contributed by atoms with Crippen molar-refractivity contribution in [2.24, 2.45) is 0 Å². The molecule has 2 heterocycles. The molecule has 0 saturated carbocycles. The number of thiazole rings is 1. The zero-order chi connectivity index (χ0) is 19.0. The third kappa shape index (κ3) is 3.41. The SMILES string of the molecule is CCc1ccc2nc(NC(=O)c3c[nH]c(=S)n3-c3ccc(F)cc3)sc2c1. The number of fused-ring (bicyclic) bond motifs is 1. The van der Waals surface area contributed by atoms with Gasteiger partial charge in [-0.15, -0.1) is 0 Å². The van der Waals surface area contributed by atoms with E-state index in [1.807, 2.05) is 12.1 Å². The maximum atomic E-state index is 13.2. The monoisotopic (exact) mass is 398 g/mol. The molecular formula is C19H15FN4OS2. The van der Waals surface area contributed by atoms with E-state index in [0.717, 1.165) is 16.6 Å². The Morgan fingerprint density at radius 2 is 2.07 bits per heavy atom. The molecular weight excluding hydrogens is 383 g/mol. The van der Waals surface area contributed by atoms with Gasteiger partial charge in [0.05, 0.1) is 10.2 Å². The maximum Gasteiger partial charge on any atom is 0.276 e. The number of aryl methyl sites for hydroxylation is 1. The first kappa shape index (κ1) is 17.6. The van der Waals surface area contributed by atoms with Gasteiger partial charge in [0.25, 0.3) is 5.91 Å². The van der Waals surface area contributed by atoms with E-state index >= 15 is 0 Å². The quantitative estimate of drug-likeness (QED) is 0.470. The van der Waals surface area contributed by atoms with Crippen molar-refractivity contribution in [1.82, 2.24) is 14.5 Å². The summed E-state index contributed by atoms with van der Waals surface area (Å²) < 4.78 is 16.1. The van der Waals surface area contributed by atoms with E-state index in [9.17, 15) is 9.18 Å². The van der Waals surface area contributed by atoms with Gasteiger partial charge >= 0.3 is 0 Å². The molecule has 5 nitrogen and oxygen atoms in total. The van der Waals surface area contributed by atoms with Crippen molar-refractivity contribution in [3.05, 3.63) is 70.5 Å². The molecule has 2 N–H and O–H groups in total. The van der Waals surface area contributed by atoms with E-state index in [0.29, 0.717) is 21.3 Å².